The third kappa shape index (κ3) is 1.84. The number of hydrogen-bond donors (Lipinski definition) is 1. The smallest absolute Gasteiger partial charge is 0.355 e. The van der Waals surface area contributed by atoms with Gasteiger partial charge < -0.3 is 5.11 Å². The highest BCUT2D eigenvalue weighted by molar-refractivity contribution is 5.87. The van der Waals surface area contributed by atoms with Crippen molar-refractivity contribution in [3.05, 3.63) is 28.8 Å². The summed E-state index contributed by atoms with van der Waals surface area (Å²) < 4.78 is 37.4. The molecule has 0 aliphatic rings. The average molecular weight is 205 g/mol. The van der Waals surface area contributed by atoms with E-state index < -0.39 is 29.5 Å². The Balaban J connectivity index is 3.44. The lowest BCUT2D eigenvalue weighted by Crippen LogP contribution is -2.09. The van der Waals surface area contributed by atoms with Gasteiger partial charge in [-0.3, -0.25) is 0 Å². The second kappa shape index (κ2) is 3.65. The number of aromatic carboxylic acids is 1. The number of carboxylic acid groups (broad SMARTS) is 1. The Morgan fingerprint density at radius 3 is 2.57 bits per heavy atom. The number of carboxylic acids is 1. The first-order chi connectivity index (χ1) is 6.43. The van der Waals surface area contributed by atoms with Crippen molar-refractivity contribution >= 4 is 5.97 Å². The highest BCUT2D eigenvalue weighted by Gasteiger charge is 2.24. The van der Waals surface area contributed by atoms with E-state index in [0.717, 1.165) is 6.07 Å². The van der Waals surface area contributed by atoms with Gasteiger partial charge in [-0.15, -0.1) is 0 Å². The van der Waals surface area contributed by atoms with E-state index in [0.29, 0.717) is 0 Å². The first-order valence-electron chi connectivity index (χ1n) is 3.62. The Bertz CT molecular complexity index is 379. The van der Waals surface area contributed by atoms with E-state index in [4.69, 9.17) is 5.11 Å². The Labute approximate surface area is 77.2 Å². The molecule has 1 N–H and O–H groups in total. The number of aryl methyl sites for hydroxylation is 1. The van der Waals surface area contributed by atoms with Crippen molar-refractivity contribution in [2.24, 2.45) is 0 Å². The van der Waals surface area contributed by atoms with E-state index in [1.54, 1.807) is 0 Å². The summed E-state index contributed by atoms with van der Waals surface area (Å²) in [5, 5.41) is 8.50. The second-order valence-corrected chi connectivity index (χ2v) is 2.61. The molecule has 0 spiro atoms. The molecule has 0 aliphatic heterocycles. The van der Waals surface area contributed by atoms with Gasteiger partial charge in [-0.25, -0.2) is 22.9 Å². The number of hydrogen-bond acceptors (Lipinski definition) is 2. The van der Waals surface area contributed by atoms with E-state index in [-0.39, 0.29) is 5.69 Å². The SMILES string of the molecule is Cc1cc(F)c(C(F)F)c(C(=O)O)n1. The van der Waals surface area contributed by atoms with Crippen LogP contribution in [0.15, 0.2) is 6.07 Å². The molecule has 0 radical (unpaired) electrons. The van der Waals surface area contributed by atoms with Gasteiger partial charge in [0.05, 0.1) is 5.56 Å². The minimum atomic E-state index is -3.19. The van der Waals surface area contributed by atoms with Crippen LogP contribution in [0.3, 0.4) is 0 Å². The lowest BCUT2D eigenvalue weighted by Gasteiger charge is -2.06. The van der Waals surface area contributed by atoms with E-state index in [1.165, 1.54) is 6.92 Å². The molecule has 6 heteroatoms. The molecule has 3 nitrogen and oxygen atoms in total. The van der Waals surface area contributed by atoms with Crippen LogP contribution in [0, 0.1) is 12.7 Å². The van der Waals surface area contributed by atoms with Crippen LogP contribution in [0.5, 0.6) is 0 Å². The number of nitrogens with zero attached hydrogens (tertiary/aromatic N) is 1. The molecule has 0 bridgehead atoms. The van der Waals surface area contributed by atoms with Gasteiger partial charge in [-0.05, 0) is 13.0 Å². The summed E-state index contributed by atoms with van der Waals surface area (Å²) in [6.45, 7) is 1.32. The molecule has 0 saturated carbocycles. The highest BCUT2D eigenvalue weighted by Crippen LogP contribution is 2.25. The number of halogens is 3. The quantitative estimate of drug-likeness (QED) is 0.804. The van der Waals surface area contributed by atoms with Crippen LogP contribution >= 0.6 is 0 Å². The zero-order valence-electron chi connectivity index (χ0n) is 7.09. The monoisotopic (exact) mass is 205 g/mol. The second-order valence-electron chi connectivity index (χ2n) is 2.61. The predicted octanol–water partition coefficient (Wildman–Crippen LogP) is 2.16. The van der Waals surface area contributed by atoms with Crippen molar-refractivity contribution in [2.45, 2.75) is 13.3 Å². The summed E-state index contributed by atoms with van der Waals surface area (Å²) in [5.74, 6) is -2.91. The van der Waals surface area contributed by atoms with Gasteiger partial charge in [0.2, 0.25) is 0 Å². The van der Waals surface area contributed by atoms with E-state index in [9.17, 15) is 18.0 Å². The summed E-state index contributed by atoms with van der Waals surface area (Å²) in [4.78, 5) is 13.8. The van der Waals surface area contributed by atoms with Gasteiger partial charge in [-0.1, -0.05) is 0 Å². The third-order valence-electron chi connectivity index (χ3n) is 1.56. The molecule has 0 fully saturated rings. The standard InChI is InChI=1S/C8H6F3NO2/c1-3-2-4(9)5(7(10)11)6(12-3)8(13)14/h2,7H,1H3,(H,13,14). The first-order valence-corrected chi connectivity index (χ1v) is 3.62. The molecule has 1 heterocycles. The predicted molar refractivity (Wildman–Crippen MR) is 40.8 cm³/mol. The summed E-state index contributed by atoms with van der Waals surface area (Å²) in [6, 6.07) is 0.772. The van der Waals surface area contributed by atoms with E-state index in [1.807, 2.05) is 0 Å². The molecule has 76 valence electrons. The molecule has 0 saturated heterocycles. The normalized spacial score (nSPS) is 10.6. The van der Waals surface area contributed by atoms with Crippen molar-refractivity contribution < 1.29 is 23.1 Å². The fraction of sp³-hybridized carbons (Fsp3) is 0.250. The third-order valence-corrected chi connectivity index (χ3v) is 1.56. The molecule has 0 amide bonds. The summed E-state index contributed by atoms with van der Waals surface area (Å²) in [6.07, 6.45) is -3.19. The molecule has 1 aromatic rings. The summed E-state index contributed by atoms with van der Waals surface area (Å²) in [5.41, 5.74) is -2.05. The Morgan fingerprint density at radius 2 is 2.14 bits per heavy atom. The number of alkyl halides is 2. The molecule has 0 unspecified atom stereocenters. The van der Waals surface area contributed by atoms with Crippen LogP contribution in [-0.4, -0.2) is 16.1 Å². The highest BCUT2D eigenvalue weighted by atomic mass is 19.3. The minimum Gasteiger partial charge on any atom is -0.476 e. The van der Waals surface area contributed by atoms with Crippen LogP contribution in [0.25, 0.3) is 0 Å². The minimum absolute atomic E-state index is 0.0456. The van der Waals surface area contributed by atoms with Gasteiger partial charge in [-0.2, -0.15) is 0 Å². The largest absolute Gasteiger partial charge is 0.476 e. The van der Waals surface area contributed by atoms with Crippen molar-refractivity contribution in [1.29, 1.82) is 0 Å². The van der Waals surface area contributed by atoms with Gasteiger partial charge >= 0.3 is 5.97 Å². The van der Waals surface area contributed by atoms with E-state index in [2.05, 4.69) is 4.98 Å². The molecular weight excluding hydrogens is 199 g/mol. The molecule has 0 aliphatic carbocycles. The number of rotatable bonds is 2. The Hall–Kier alpha value is -1.59. The first kappa shape index (κ1) is 10.5. The zero-order chi connectivity index (χ0) is 10.9. The number of pyridine rings is 1. The van der Waals surface area contributed by atoms with E-state index >= 15 is 0 Å². The van der Waals surface area contributed by atoms with Gasteiger partial charge in [0, 0.05) is 5.69 Å². The van der Waals surface area contributed by atoms with Crippen LogP contribution in [0.4, 0.5) is 13.2 Å². The maximum Gasteiger partial charge on any atom is 0.355 e. The lowest BCUT2D eigenvalue weighted by atomic mass is 10.1. The molecule has 0 aromatic carbocycles. The molecule has 14 heavy (non-hydrogen) atoms. The summed E-state index contributed by atoms with van der Waals surface area (Å²) in [7, 11) is 0. The van der Waals surface area contributed by atoms with Gasteiger partial charge in [0.15, 0.2) is 5.69 Å². The Kier molecular flexibility index (Phi) is 2.73. The number of carbonyl (C=O) groups is 1. The van der Waals surface area contributed by atoms with Crippen LogP contribution in [-0.2, 0) is 0 Å². The topological polar surface area (TPSA) is 50.2 Å². The lowest BCUT2D eigenvalue weighted by molar-refractivity contribution is 0.0674. The van der Waals surface area contributed by atoms with Crippen LogP contribution < -0.4 is 0 Å². The fourth-order valence-corrected chi connectivity index (χ4v) is 1.01. The maximum atomic E-state index is 12.9. The zero-order valence-corrected chi connectivity index (χ0v) is 7.09. The molecule has 0 atom stereocenters. The van der Waals surface area contributed by atoms with Crippen molar-refractivity contribution in [2.75, 3.05) is 0 Å². The van der Waals surface area contributed by atoms with Gasteiger partial charge in [0.1, 0.15) is 5.82 Å². The molecule has 1 aromatic heterocycles. The summed E-state index contributed by atoms with van der Waals surface area (Å²) >= 11 is 0. The average Bonchev–Trinajstić information content (AvgIpc) is 2.01. The van der Waals surface area contributed by atoms with Crippen molar-refractivity contribution in [1.82, 2.24) is 4.98 Å². The maximum absolute atomic E-state index is 12.9. The molecular formula is C8H6F3NO2. The molecule has 1 rings (SSSR count). The van der Waals surface area contributed by atoms with Crippen molar-refractivity contribution in [3.8, 4) is 0 Å². The Morgan fingerprint density at radius 1 is 1.57 bits per heavy atom. The van der Waals surface area contributed by atoms with Crippen LogP contribution in [0.2, 0.25) is 0 Å². The number of aromatic nitrogens is 1. The van der Waals surface area contributed by atoms with Crippen LogP contribution in [0.1, 0.15) is 28.2 Å². The fourth-order valence-electron chi connectivity index (χ4n) is 1.01. The van der Waals surface area contributed by atoms with Crippen molar-refractivity contribution in [3.63, 3.8) is 0 Å². The van der Waals surface area contributed by atoms with Gasteiger partial charge in [0.25, 0.3) is 6.43 Å².